The molecule has 1 aliphatic heterocycles. The normalized spacial score (nSPS) is 15.0. The van der Waals surface area contributed by atoms with Gasteiger partial charge in [-0.3, -0.25) is 14.5 Å². The van der Waals surface area contributed by atoms with Gasteiger partial charge >= 0.3 is 0 Å². The van der Waals surface area contributed by atoms with Crippen molar-refractivity contribution in [3.8, 4) is 0 Å². The second-order valence-electron chi connectivity index (χ2n) is 4.47. The Morgan fingerprint density at radius 2 is 1.58 bits per heavy atom. The van der Waals surface area contributed by atoms with Crippen molar-refractivity contribution < 1.29 is 19.1 Å². The maximum atomic E-state index is 11.4. The molecule has 0 saturated carbocycles. The number of carbonyl (C=O) groups excluding carboxylic acids is 2. The fraction of sp³-hybridized carbons (Fsp3) is 0.714. The number of amides is 2. The number of hydrogen-bond donors (Lipinski definition) is 0. The zero-order valence-corrected chi connectivity index (χ0v) is 11.8. The molecule has 5 heteroatoms. The molecule has 0 atom stereocenters. The molecule has 0 radical (unpaired) electrons. The molecule has 0 saturated heterocycles. The molecule has 1 aliphatic rings. The molecule has 1 rings (SSSR count). The predicted molar refractivity (Wildman–Crippen MR) is 71.4 cm³/mol. The molecule has 0 N–H and O–H groups in total. The third-order valence-corrected chi connectivity index (χ3v) is 2.74. The molecule has 0 spiro atoms. The highest BCUT2D eigenvalue weighted by Crippen LogP contribution is 2.10. The zero-order valence-electron chi connectivity index (χ0n) is 11.8. The molecule has 1 heterocycles. The number of nitrogens with zero attached hydrogens (tertiary/aromatic N) is 1. The number of imide groups is 1. The molecule has 0 fully saturated rings. The van der Waals surface area contributed by atoms with E-state index in [1.165, 1.54) is 17.1 Å². The van der Waals surface area contributed by atoms with Crippen molar-refractivity contribution in [2.24, 2.45) is 0 Å². The van der Waals surface area contributed by atoms with Gasteiger partial charge in [0, 0.05) is 38.3 Å². The van der Waals surface area contributed by atoms with E-state index in [-0.39, 0.29) is 18.1 Å². The van der Waals surface area contributed by atoms with Gasteiger partial charge in [-0.15, -0.1) is 0 Å². The van der Waals surface area contributed by atoms with E-state index in [4.69, 9.17) is 9.47 Å². The van der Waals surface area contributed by atoms with Crippen molar-refractivity contribution in [1.82, 2.24) is 4.90 Å². The van der Waals surface area contributed by atoms with E-state index in [1.807, 2.05) is 13.8 Å². The lowest BCUT2D eigenvalue weighted by Gasteiger charge is -2.19. The van der Waals surface area contributed by atoms with Crippen molar-refractivity contribution in [3.63, 3.8) is 0 Å². The van der Waals surface area contributed by atoms with Gasteiger partial charge in [0.2, 0.25) is 0 Å². The van der Waals surface area contributed by atoms with Gasteiger partial charge in [-0.05, 0) is 19.3 Å². The SMILES string of the molecule is CCCOC(CCCN1C(=O)C=CC1=O)OCCC. The first kappa shape index (κ1) is 15.9. The average molecular weight is 269 g/mol. The number of carbonyl (C=O) groups is 2. The Morgan fingerprint density at radius 3 is 2.05 bits per heavy atom. The smallest absolute Gasteiger partial charge is 0.253 e. The maximum Gasteiger partial charge on any atom is 0.253 e. The van der Waals surface area contributed by atoms with Crippen LogP contribution in [0, 0.1) is 0 Å². The standard InChI is InChI=1S/C14H23NO4/c1-3-10-18-14(19-11-4-2)6-5-9-15-12(16)7-8-13(15)17/h7-8,14H,3-6,9-11H2,1-2H3. The van der Waals surface area contributed by atoms with Gasteiger partial charge in [0.25, 0.3) is 11.8 Å². The molecule has 0 aromatic carbocycles. The first-order valence-corrected chi connectivity index (χ1v) is 6.95. The first-order valence-electron chi connectivity index (χ1n) is 6.95. The largest absolute Gasteiger partial charge is 0.353 e. The minimum atomic E-state index is -0.235. The van der Waals surface area contributed by atoms with E-state index < -0.39 is 0 Å². The van der Waals surface area contributed by atoms with Crippen molar-refractivity contribution in [2.45, 2.75) is 45.8 Å². The summed E-state index contributed by atoms with van der Waals surface area (Å²) in [5, 5.41) is 0. The van der Waals surface area contributed by atoms with Crippen LogP contribution in [0.3, 0.4) is 0 Å². The molecule has 0 aromatic rings. The van der Waals surface area contributed by atoms with Gasteiger partial charge in [-0.1, -0.05) is 13.8 Å². The second-order valence-corrected chi connectivity index (χ2v) is 4.47. The van der Waals surface area contributed by atoms with Gasteiger partial charge in [-0.25, -0.2) is 0 Å². The van der Waals surface area contributed by atoms with E-state index in [0.29, 0.717) is 32.6 Å². The van der Waals surface area contributed by atoms with Gasteiger partial charge in [-0.2, -0.15) is 0 Å². The third kappa shape index (κ3) is 5.53. The second kappa shape index (κ2) is 8.82. The van der Waals surface area contributed by atoms with Crippen LogP contribution in [0.25, 0.3) is 0 Å². The maximum absolute atomic E-state index is 11.4. The van der Waals surface area contributed by atoms with Crippen molar-refractivity contribution in [3.05, 3.63) is 12.2 Å². The van der Waals surface area contributed by atoms with Crippen LogP contribution in [0.15, 0.2) is 12.2 Å². The van der Waals surface area contributed by atoms with E-state index in [0.717, 1.165) is 12.8 Å². The molecule has 19 heavy (non-hydrogen) atoms. The van der Waals surface area contributed by atoms with Crippen molar-refractivity contribution in [1.29, 1.82) is 0 Å². The Kier molecular flexibility index (Phi) is 7.36. The lowest BCUT2D eigenvalue weighted by atomic mass is 10.3. The summed E-state index contributed by atoms with van der Waals surface area (Å²) in [6.45, 7) is 5.84. The number of hydrogen-bond acceptors (Lipinski definition) is 4. The predicted octanol–water partition coefficient (Wildman–Crippen LogP) is 1.87. The highest BCUT2D eigenvalue weighted by Gasteiger charge is 2.23. The molecule has 5 nitrogen and oxygen atoms in total. The molecule has 0 aliphatic carbocycles. The minimum Gasteiger partial charge on any atom is -0.353 e. The summed E-state index contributed by atoms with van der Waals surface area (Å²) in [6.07, 6.45) is 5.65. The first-order chi connectivity index (χ1) is 9.19. The molecule has 0 unspecified atom stereocenters. The summed E-state index contributed by atoms with van der Waals surface area (Å²) in [5.41, 5.74) is 0. The highest BCUT2D eigenvalue weighted by atomic mass is 16.7. The summed E-state index contributed by atoms with van der Waals surface area (Å²) in [4.78, 5) is 24.0. The van der Waals surface area contributed by atoms with E-state index >= 15 is 0 Å². The van der Waals surface area contributed by atoms with E-state index in [9.17, 15) is 9.59 Å². The van der Waals surface area contributed by atoms with Crippen molar-refractivity contribution in [2.75, 3.05) is 19.8 Å². The fourth-order valence-corrected chi connectivity index (χ4v) is 1.78. The molecular weight excluding hydrogens is 246 g/mol. The zero-order chi connectivity index (χ0) is 14.1. The Morgan fingerprint density at radius 1 is 1.05 bits per heavy atom. The molecular formula is C14H23NO4. The van der Waals surface area contributed by atoms with E-state index in [2.05, 4.69) is 0 Å². The van der Waals surface area contributed by atoms with Gasteiger partial charge in [0.15, 0.2) is 6.29 Å². The van der Waals surface area contributed by atoms with Crippen LogP contribution < -0.4 is 0 Å². The summed E-state index contributed by atoms with van der Waals surface area (Å²) >= 11 is 0. The van der Waals surface area contributed by atoms with Crippen LogP contribution in [-0.2, 0) is 19.1 Å². The number of ether oxygens (including phenoxy) is 2. The fourth-order valence-electron chi connectivity index (χ4n) is 1.78. The Hall–Kier alpha value is -1.20. The monoisotopic (exact) mass is 269 g/mol. The Labute approximate surface area is 114 Å². The summed E-state index contributed by atoms with van der Waals surface area (Å²) < 4.78 is 11.2. The van der Waals surface area contributed by atoms with Gasteiger partial charge < -0.3 is 9.47 Å². The topological polar surface area (TPSA) is 55.8 Å². The highest BCUT2D eigenvalue weighted by molar-refractivity contribution is 6.12. The van der Waals surface area contributed by atoms with Crippen LogP contribution in [0.4, 0.5) is 0 Å². The molecule has 0 aromatic heterocycles. The summed E-state index contributed by atoms with van der Waals surface area (Å²) in [7, 11) is 0. The van der Waals surface area contributed by atoms with Crippen LogP contribution in [0.2, 0.25) is 0 Å². The van der Waals surface area contributed by atoms with Crippen LogP contribution >= 0.6 is 0 Å². The molecule has 108 valence electrons. The Bertz CT molecular complexity index is 301. The number of rotatable bonds is 10. The summed E-state index contributed by atoms with van der Waals surface area (Å²) in [6, 6.07) is 0. The minimum absolute atomic E-state index is 0.231. The molecule has 0 bridgehead atoms. The lowest BCUT2D eigenvalue weighted by molar-refractivity contribution is -0.149. The van der Waals surface area contributed by atoms with Crippen LogP contribution in [-0.4, -0.2) is 42.8 Å². The van der Waals surface area contributed by atoms with Crippen LogP contribution in [0.5, 0.6) is 0 Å². The average Bonchev–Trinajstić information content (AvgIpc) is 2.72. The lowest BCUT2D eigenvalue weighted by Crippen LogP contribution is -2.31. The Balaban J connectivity index is 2.26. The quantitative estimate of drug-likeness (QED) is 0.449. The summed E-state index contributed by atoms with van der Waals surface area (Å²) in [5.74, 6) is -0.462. The third-order valence-electron chi connectivity index (χ3n) is 2.74. The van der Waals surface area contributed by atoms with E-state index in [1.54, 1.807) is 0 Å². The van der Waals surface area contributed by atoms with Gasteiger partial charge in [0.05, 0.1) is 0 Å². The van der Waals surface area contributed by atoms with Crippen molar-refractivity contribution >= 4 is 11.8 Å². The molecule has 2 amide bonds. The van der Waals surface area contributed by atoms with Crippen LogP contribution in [0.1, 0.15) is 39.5 Å². The van der Waals surface area contributed by atoms with Gasteiger partial charge in [0.1, 0.15) is 0 Å².